The van der Waals surface area contributed by atoms with Crippen LogP contribution in [0.5, 0.6) is 0 Å². The first-order valence-electron chi connectivity index (χ1n) is 4.10. The fraction of sp³-hybridized carbons (Fsp3) is 0.125. The molecule has 0 aliphatic heterocycles. The Kier molecular flexibility index (Phi) is 2.51. The van der Waals surface area contributed by atoms with Gasteiger partial charge in [-0.3, -0.25) is 4.68 Å². The Morgan fingerprint density at radius 3 is 3.00 bits per heavy atom. The molecule has 2 aromatic rings. The molecule has 2 heterocycles. The average molecular weight is 228 g/mol. The topological polar surface area (TPSA) is 55.6 Å². The predicted octanol–water partition coefficient (Wildman–Crippen LogP) is 1.75. The highest BCUT2D eigenvalue weighted by Gasteiger charge is 2.07. The van der Waals surface area contributed by atoms with Crippen molar-refractivity contribution in [1.82, 2.24) is 19.7 Å². The summed E-state index contributed by atoms with van der Waals surface area (Å²) >= 11 is 5.53. The summed E-state index contributed by atoms with van der Waals surface area (Å²) in [6.45, 7) is 0. The van der Waals surface area contributed by atoms with Gasteiger partial charge in [-0.25, -0.2) is 9.37 Å². The van der Waals surface area contributed by atoms with Crippen molar-refractivity contribution in [3.63, 3.8) is 0 Å². The van der Waals surface area contributed by atoms with E-state index in [1.807, 2.05) is 0 Å². The molecule has 0 saturated heterocycles. The molecule has 0 aliphatic rings. The lowest BCUT2D eigenvalue weighted by Crippen LogP contribution is -2.00. The highest BCUT2D eigenvalue weighted by molar-refractivity contribution is 6.28. The minimum atomic E-state index is -0.579. The fourth-order valence-electron chi connectivity index (χ4n) is 1.04. The lowest BCUT2D eigenvalue weighted by Gasteiger charge is -2.02. The Hall–Kier alpha value is -1.69. The van der Waals surface area contributed by atoms with Crippen LogP contribution in [-0.4, -0.2) is 19.7 Å². The molecule has 0 amide bonds. The maximum Gasteiger partial charge on any atom is 0.224 e. The van der Waals surface area contributed by atoms with E-state index in [1.165, 1.54) is 0 Å². The summed E-state index contributed by atoms with van der Waals surface area (Å²) < 4.78 is 14.8. The second-order valence-electron chi connectivity index (χ2n) is 2.84. The van der Waals surface area contributed by atoms with Crippen LogP contribution in [0.15, 0.2) is 18.5 Å². The smallest absolute Gasteiger partial charge is 0.224 e. The van der Waals surface area contributed by atoms with Crippen molar-refractivity contribution in [2.75, 3.05) is 5.32 Å². The van der Waals surface area contributed by atoms with E-state index < -0.39 is 5.82 Å². The van der Waals surface area contributed by atoms with Gasteiger partial charge in [0.25, 0.3) is 0 Å². The monoisotopic (exact) mass is 227 g/mol. The van der Waals surface area contributed by atoms with Gasteiger partial charge in [-0.15, -0.1) is 0 Å². The average Bonchev–Trinajstić information content (AvgIpc) is 2.58. The van der Waals surface area contributed by atoms with Crippen LogP contribution in [0.4, 0.5) is 16.0 Å². The van der Waals surface area contributed by atoms with Crippen LogP contribution < -0.4 is 5.32 Å². The first-order chi connectivity index (χ1) is 7.15. The number of hydrogen-bond donors (Lipinski definition) is 1. The van der Waals surface area contributed by atoms with Gasteiger partial charge in [0, 0.05) is 19.3 Å². The van der Waals surface area contributed by atoms with Gasteiger partial charge in [-0.05, 0) is 11.6 Å². The Labute approximate surface area is 89.9 Å². The van der Waals surface area contributed by atoms with Crippen molar-refractivity contribution in [2.24, 2.45) is 7.05 Å². The van der Waals surface area contributed by atoms with Crippen molar-refractivity contribution >= 4 is 23.2 Å². The molecule has 0 saturated carbocycles. The Bertz CT molecular complexity index is 484. The number of anilines is 2. The molecule has 5 nitrogen and oxygen atoms in total. The molecule has 15 heavy (non-hydrogen) atoms. The number of nitrogens with zero attached hydrogens (tertiary/aromatic N) is 4. The highest BCUT2D eigenvalue weighted by Crippen LogP contribution is 2.16. The standard InChI is InChI=1S/C8H7ClFN5/c1-15-3-2-6(14-15)12-7-5(10)4-11-8(9)13-7/h2-4H,1H3,(H,11,12,13,14). The first-order valence-corrected chi connectivity index (χ1v) is 4.47. The maximum absolute atomic E-state index is 13.2. The van der Waals surface area contributed by atoms with Crippen LogP contribution in [0.1, 0.15) is 0 Å². The normalized spacial score (nSPS) is 10.3. The zero-order chi connectivity index (χ0) is 10.8. The van der Waals surface area contributed by atoms with E-state index in [0.29, 0.717) is 5.82 Å². The van der Waals surface area contributed by atoms with Crippen molar-refractivity contribution in [2.45, 2.75) is 0 Å². The summed E-state index contributed by atoms with van der Waals surface area (Å²) in [5, 5.41) is 6.68. The summed E-state index contributed by atoms with van der Waals surface area (Å²) in [6, 6.07) is 1.69. The van der Waals surface area contributed by atoms with Crippen molar-refractivity contribution in [1.29, 1.82) is 0 Å². The number of rotatable bonds is 2. The molecule has 2 rings (SSSR count). The van der Waals surface area contributed by atoms with Crippen LogP contribution in [0.2, 0.25) is 5.28 Å². The predicted molar refractivity (Wildman–Crippen MR) is 53.5 cm³/mol. The van der Waals surface area contributed by atoms with E-state index in [2.05, 4.69) is 20.4 Å². The second kappa shape index (κ2) is 3.82. The van der Waals surface area contributed by atoms with Gasteiger partial charge < -0.3 is 5.32 Å². The molecule has 78 valence electrons. The Morgan fingerprint density at radius 1 is 1.53 bits per heavy atom. The SMILES string of the molecule is Cn1ccc(Nc2nc(Cl)ncc2F)n1. The van der Waals surface area contributed by atoms with E-state index in [4.69, 9.17) is 11.6 Å². The number of hydrogen-bond acceptors (Lipinski definition) is 4. The summed E-state index contributed by atoms with van der Waals surface area (Å²) in [7, 11) is 1.76. The molecule has 0 bridgehead atoms. The molecule has 0 radical (unpaired) electrons. The zero-order valence-electron chi connectivity index (χ0n) is 7.78. The van der Waals surface area contributed by atoms with Crippen LogP contribution in [0, 0.1) is 5.82 Å². The summed E-state index contributed by atoms with van der Waals surface area (Å²) in [4.78, 5) is 7.20. The first kappa shape index (κ1) is 9.85. The molecule has 0 spiro atoms. The fourth-order valence-corrected chi connectivity index (χ4v) is 1.17. The van der Waals surface area contributed by atoms with E-state index in [-0.39, 0.29) is 11.1 Å². The minimum Gasteiger partial charge on any atom is -0.321 e. The third-order valence-corrected chi connectivity index (χ3v) is 1.86. The lowest BCUT2D eigenvalue weighted by atomic mass is 10.5. The molecule has 1 N–H and O–H groups in total. The molecular weight excluding hydrogens is 221 g/mol. The summed E-state index contributed by atoms with van der Waals surface area (Å²) in [6.07, 6.45) is 2.73. The van der Waals surface area contributed by atoms with Gasteiger partial charge in [0.15, 0.2) is 17.5 Å². The van der Waals surface area contributed by atoms with Crippen LogP contribution >= 0.6 is 11.6 Å². The third kappa shape index (κ3) is 2.21. The maximum atomic E-state index is 13.2. The molecule has 0 aliphatic carbocycles. The molecular formula is C8H7ClFN5. The molecule has 7 heteroatoms. The summed E-state index contributed by atoms with van der Waals surface area (Å²) in [5.74, 6) is -0.0788. The molecule has 0 fully saturated rings. The lowest BCUT2D eigenvalue weighted by molar-refractivity contribution is 0.618. The highest BCUT2D eigenvalue weighted by atomic mass is 35.5. The van der Waals surface area contributed by atoms with E-state index in [9.17, 15) is 4.39 Å². The van der Waals surface area contributed by atoms with E-state index in [1.54, 1.807) is 24.0 Å². The number of aromatic nitrogens is 4. The van der Waals surface area contributed by atoms with Crippen LogP contribution in [-0.2, 0) is 7.05 Å². The Balaban J connectivity index is 2.27. The van der Waals surface area contributed by atoms with Gasteiger partial charge in [-0.1, -0.05) is 0 Å². The molecule has 0 aromatic carbocycles. The number of nitrogens with one attached hydrogen (secondary N) is 1. The van der Waals surface area contributed by atoms with Crippen molar-refractivity contribution in [3.05, 3.63) is 29.6 Å². The van der Waals surface area contributed by atoms with Crippen LogP contribution in [0.3, 0.4) is 0 Å². The molecule has 2 aromatic heterocycles. The Morgan fingerprint density at radius 2 is 2.33 bits per heavy atom. The van der Waals surface area contributed by atoms with Crippen molar-refractivity contribution in [3.8, 4) is 0 Å². The van der Waals surface area contributed by atoms with Crippen LogP contribution in [0.25, 0.3) is 0 Å². The zero-order valence-corrected chi connectivity index (χ0v) is 8.53. The van der Waals surface area contributed by atoms with Gasteiger partial charge in [0.1, 0.15) is 0 Å². The van der Waals surface area contributed by atoms with E-state index >= 15 is 0 Å². The minimum absolute atomic E-state index is 0.00806. The van der Waals surface area contributed by atoms with Gasteiger partial charge in [0.05, 0.1) is 6.20 Å². The summed E-state index contributed by atoms with van der Waals surface area (Å²) in [5.41, 5.74) is 0. The van der Waals surface area contributed by atoms with Gasteiger partial charge in [-0.2, -0.15) is 10.1 Å². The van der Waals surface area contributed by atoms with Crippen molar-refractivity contribution < 1.29 is 4.39 Å². The largest absolute Gasteiger partial charge is 0.321 e. The van der Waals surface area contributed by atoms with E-state index in [0.717, 1.165) is 6.20 Å². The second-order valence-corrected chi connectivity index (χ2v) is 3.17. The van der Waals surface area contributed by atoms with Gasteiger partial charge >= 0.3 is 0 Å². The van der Waals surface area contributed by atoms with Gasteiger partial charge in [0.2, 0.25) is 5.28 Å². The third-order valence-electron chi connectivity index (χ3n) is 1.67. The quantitative estimate of drug-likeness (QED) is 0.795. The number of aryl methyl sites for hydroxylation is 1. The number of halogens is 2. The molecule has 0 atom stereocenters. The molecule has 0 unspecified atom stereocenters.